The van der Waals surface area contributed by atoms with Gasteiger partial charge in [0.1, 0.15) is 11.6 Å². The number of aliphatic hydroxyl groups is 1. The second-order valence-corrected chi connectivity index (χ2v) is 6.06. The van der Waals surface area contributed by atoms with E-state index in [4.69, 9.17) is 9.84 Å². The highest BCUT2D eigenvalue weighted by Gasteiger charge is 2.43. The van der Waals surface area contributed by atoms with Gasteiger partial charge in [0.25, 0.3) is 0 Å². The standard InChI is InChI=1S/C17H23F2NO3/c1-12(3-2-8-21)20-16(22)17(6-9-23-10-7-17)14-5-4-13(18)11-15(14)19/h4-5,11-12,21H,2-3,6-10H2,1H3,(H,20,22). The van der Waals surface area contributed by atoms with Gasteiger partial charge in [-0.25, -0.2) is 8.78 Å². The minimum Gasteiger partial charge on any atom is -0.396 e. The van der Waals surface area contributed by atoms with Crippen LogP contribution in [0.15, 0.2) is 18.2 Å². The Labute approximate surface area is 134 Å². The van der Waals surface area contributed by atoms with Gasteiger partial charge in [-0.15, -0.1) is 0 Å². The van der Waals surface area contributed by atoms with Crippen molar-refractivity contribution in [3.8, 4) is 0 Å². The highest BCUT2D eigenvalue weighted by molar-refractivity contribution is 5.88. The van der Waals surface area contributed by atoms with Gasteiger partial charge >= 0.3 is 0 Å². The van der Waals surface area contributed by atoms with E-state index < -0.39 is 17.0 Å². The zero-order valence-corrected chi connectivity index (χ0v) is 13.3. The number of rotatable bonds is 6. The van der Waals surface area contributed by atoms with Gasteiger partial charge in [-0.1, -0.05) is 6.07 Å². The summed E-state index contributed by atoms with van der Waals surface area (Å²) in [6, 6.07) is 3.22. The van der Waals surface area contributed by atoms with Crippen LogP contribution in [0.1, 0.15) is 38.2 Å². The number of nitrogens with one attached hydrogen (secondary N) is 1. The molecule has 1 heterocycles. The summed E-state index contributed by atoms with van der Waals surface area (Å²) >= 11 is 0. The van der Waals surface area contributed by atoms with Crippen LogP contribution in [0.25, 0.3) is 0 Å². The summed E-state index contributed by atoms with van der Waals surface area (Å²) in [6.07, 6.45) is 1.94. The zero-order chi connectivity index (χ0) is 16.9. The van der Waals surface area contributed by atoms with E-state index in [-0.39, 0.29) is 24.1 Å². The van der Waals surface area contributed by atoms with Gasteiger partial charge in [-0.2, -0.15) is 0 Å². The highest BCUT2D eigenvalue weighted by Crippen LogP contribution is 2.37. The van der Waals surface area contributed by atoms with Crippen LogP contribution >= 0.6 is 0 Å². The molecule has 128 valence electrons. The van der Waals surface area contributed by atoms with Gasteiger partial charge in [0.15, 0.2) is 0 Å². The Balaban J connectivity index is 2.26. The van der Waals surface area contributed by atoms with Crippen molar-refractivity contribution in [2.75, 3.05) is 19.8 Å². The second-order valence-electron chi connectivity index (χ2n) is 6.06. The van der Waals surface area contributed by atoms with Crippen molar-refractivity contribution in [2.24, 2.45) is 0 Å². The van der Waals surface area contributed by atoms with Gasteiger partial charge < -0.3 is 15.2 Å². The molecule has 2 N–H and O–H groups in total. The van der Waals surface area contributed by atoms with Crippen molar-refractivity contribution in [1.29, 1.82) is 0 Å². The summed E-state index contributed by atoms with van der Waals surface area (Å²) in [6.45, 7) is 2.62. The molecule has 1 fully saturated rings. The molecule has 0 radical (unpaired) electrons. The third kappa shape index (κ3) is 4.06. The van der Waals surface area contributed by atoms with Crippen molar-refractivity contribution in [2.45, 2.75) is 44.1 Å². The third-order valence-electron chi connectivity index (χ3n) is 4.40. The first-order valence-corrected chi connectivity index (χ1v) is 7.95. The average molecular weight is 327 g/mol. The fourth-order valence-electron chi connectivity index (χ4n) is 3.05. The fraction of sp³-hybridized carbons (Fsp3) is 0.588. The molecular formula is C17H23F2NO3. The van der Waals surface area contributed by atoms with Crippen molar-refractivity contribution < 1.29 is 23.4 Å². The molecule has 1 amide bonds. The largest absolute Gasteiger partial charge is 0.396 e. The number of carbonyl (C=O) groups is 1. The van der Waals surface area contributed by atoms with Crippen LogP contribution in [0.4, 0.5) is 8.78 Å². The molecule has 0 saturated carbocycles. The maximum atomic E-state index is 14.3. The number of amides is 1. The van der Waals surface area contributed by atoms with E-state index in [1.165, 1.54) is 12.1 Å². The Morgan fingerprint density at radius 2 is 2.09 bits per heavy atom. The maximum absolute atomic E-state index is 14.3. The summed E-state index contributed by atoms with van der Waals surface area (Å²) < 4.78 is 32.8. The Kier molecular flexibility index (Phi) is 6.07. The predicted octanol–water partition coefficient (Wildman–Crippen LogP) is 2.29. The molecule has 0 spiro atoms. The molecule has 1 aromatic carbocycles. The summed E-state index contributed by atoms with van der Waals surface area (Å²) in [5.74, 6) is -1.63. The van der Waals surface area contributed by atoms with Crippen LogP contribution in [0.5, 0.6) is 0 Å². The SMILES string of the molecule is CC(CCCO)NC(=O)C1(c2ccc(F)cc2F)CCOCC1. The summed E-state index contributed by atoms with van der Waals surface area (Å²) in [5, 5.41) is 11.8. The predicted molar refractivity (Wildman–Crippen MR) is 82.0 cm³/mol. The molecule has 1 aliphatic rings. The van der Waals surface area contributed by atoms with Crippen LogP contribution in [0.2, 0.25) is 0 Å². The third-order valence-corrected chi connectivity index (χ3v) is 4.40. The summed E-state index contributed by atoms with van der Waals surface area (Å²) in [5.41, 5.74) is -0.821. The average Bonchev–Trinajstić information content (AvgIpc) is 2.53. The van der Waals surface area contributed by atoms with Crippen molar-refractivity contribution in [1.82, 2.24) is 5.32 Å². The number of aliphatic hydroxyl groups excluding tert-OH is 1. The molecule has 4 nitrogen and oxygen atoms in total. The van der Waals surface area contributed by atoms with Gasteiger partial charge in [0.05, 0.1) is 5.41 Å². The number of halogens is 2. The van der Waals surface area contributed by atoms with Crippen molar-refractivity contribution in [3.05, 3.63) is 35.4 Å². The Hall–Kier alpha value is -1.53. The fourth-order valence-corrected chi connectivity index (χ4v) is 3.05. The lowest BCUT2D eigenvalue weighted by Gasteiger charge is -2.37. The molecule has 23 heavy (non-hydrogen) atoms. The van der Waals surface area contributed by atoms with E-state index in [1.54, 1.807) is 0 Å². The van der Waals surface area contributed by atoms with E-state index >= 15 is 0 Å². The van der Waals surface area contributed by atoms with Crippen LogP contribution in [-0.2, 0) is 14.9 Å². The number of ether oxygens (including phenoxy) is 1. The quantitative estimate of drug-likeness (QED) is 0.843. The molecule has 2 rings (SSSR count). The molecule has 1 atom stereocenters. The van der Waals surface area contributed by atoms with E-state index in [0.717, 1.165) is 6.07 Å². The van der Waals surface area contributed by atoms with Crippen LogP contribution < -0.4 is 5.32 Å². The highest BCUT2D eigenvalue weighted by atomic mass is 19.1. The molecule has 0 bridgehead atoms. The normalized spacial score (nSPS) is 18.4. The van der Waals surface area contributed by atoms with Gasteiger partial charge in [-0.3, -0.25) is 4.79 Å². The van der Waals surface area contributed by atoms with Crippen LogP contribution in [0, 0.1) is 11.6 Å². The Morgan fingerprint density at radius 1 is 1.39 bits per heavy atom. The lowest BCUT2D eigenvalue weighted by atomic mass is 9.73. The molecule has 1 aromatic rings. The maximum Gasteiger partial charge on any atom is 0.231 e. The van der Waals surface area contributed by atoms with E-state index in [1.807, 2.05) is 6.92 Å². The number of hydrogen-bond donors (Lipinski definition) is 2. The molecular weight excluding hydrogens is 304 g/mol. The van der Waals surface area contributed by atoms with E-state index in [0.29, 0.717) is 38.9 Å². The van der Waals surface area contributed by atoms with E-state index in [9.17, 15) is 13.6 Å². The van der Waals surface area contributed by atoms with E-state index in [2.05, 4.69) is 5.32 Å². The molecule has 1 unspecified atom stereocenters. The topological polar surface area (TPSA) is 58.6 Å². The Bertz CT molecular complexity index is 545. The first-order valence-electron chi connectivity index (χ1n) is 7.95. The molecule has 1 aliphatic heterocycles. The van der Waals surface area contributed by atoms with Crippen LogP contribution in [-0.4, -0.2) is 36.9 Å². The van der Waals surface area contributed by atoms with Gasteiger partial charge in [0.2, 0.25) is 5.91 Å². The summed E-state index contributed by atoms with van der Waals surface area (Å²) in [7, 11) is 0. The first kappa shape index (κ1) is 17.8. The Morgan fingerprint density at radius 3 is 2.70 bits per heavy atom. The molecule has 0 aliphatic carbocycles. The molecule has 0 aromatic heterocycles. The number of carbonyl (C=O) groups excluding carboxylic acids is 1. The van der Waals surface area contributed by atoms with Crippen molar-refractivity contribution >= 4 is 5.91 Å². The smallest absolute Gasteiger partial charge is 0.231 e. The second kappa shape index (κ2) is 7.84. The molecule has 6 heteroatoms. The first-order chi connectivity index (χ1) is 11.0. The number of hydrogen-bond acceptors (Lipinski definition) is 3. The lowest BCUT2D eigenvalue weighted by Crippen LogP contribution is -2.50. The summed E-state index contributed by atoms with van der Waals surface area (Å²) in [4.78, 5) is 12.8. The minimum atomic E-state index is -1.04. The monoisotopic (exact) mass is 327 g/mol. The molecule has 1 saturated heterocycles. The lowest BCUT2D eigenvalue weighted by molar-refractivity contribution is -0.131. The van der Waals surface area contributed by atoms with Crippen molar-refractivity contribution in [3.63, 3.8) is 0 Å². The number of benzene rings is 1. The van der Waals surface area contributed by atoms with Crippen LogP contribution in [0.3, 0.4) is 0 Å². The minimum absolute atomic E-state index is 0.0613. The van der Waals surface area contributed by atoms with Gasteiger partial charge in [-0.05, 0) is 38.7 Å². The zero-order valence-electron chi connectivity index (χ0n) is 13.3. The van der Waals surface area contributed by atoms with Gasteiger partial charge in [0, 0.05) is 37.5 Å².